The Kier molecular flexibility index (Phi) is 4.88. The van der Waals surface area contributed by atoms with Gasteiger partial charge in [0.15, 0.2) is 0 Å². The van der Waals surface area contributed by atoms with Gasteiger partial charge in [0.2, 0.25) is 0 Å². The average Bonchev–Trinajstić information content (AvgIpc) is 2.28. The molecule has 0 radical (unpaired) electrons. The van der Waals surface area contributed by atoms with Crippen LogP contribution in [0.4, 0.5) is 0 Å². The molecule has 0 saturated carbocycles. The number of benzene rings is 1. The molecule has 1 rings (SSSR count). The normalized spacial score (nSPS) is 13.4. The first-order valence-corrected chi connectivity index (χ1v) is 6.18. The van der Waals surface area contributed by atoms with Crippen molar-refractivity contribution in [2.45, 2.75) is 39.7 Å². The Morgan fingerprint density at radius 2 is 1.82 bits per heavy atom. The van der Waals surface area contributed by atoms with Crippen LogP contribution in [0.5, 0.6) is 0 Å². The first-order valence-electron chi connectivity index (χ1n) is 6.18. The van der Waals surface area contributed by atoms with Crippen LogP contribution in [0.3, 0.4) is 0 Å². The molecule has 2 nitrogen and oxygen atoms in total. The van der Waals surface area contributed by atoms with Crippen molar-refractivity contribution < 1.29 is 4.79 Å². The Labute approximate surface area is 104 Å². The van der Waals surface area contributed by atoms with E-state index in [2.05, 4.69) is 17.4 Å². The number of nitrogens with one attached hydrogen (secondary N) is 1. The van der Waals surface area contributed by atoms with E-state index in [9.17, 15) is 4.79 Å². The minimum Gasteiger partial charge on any atom is -0.316 e. The standard InChI is InChI=1S/C15H23NO/c1-15(2,3)14(17)11-13(16-4)10-12-8-6-5-7-9-12/h5-9,13,16H,10-11H2,1-4H3/t13-/m0/s1. The molecular weight excluding hydrogens is 210 g/mol. The minimum absolute atomic E-state index is 0.226. The maximum absolute atomic E-state index is 12.0. The van der Waals surface area contributed by atoms with Crippen LogP contribution >= 0.6 is 0 Å². The molecule has 94 valence electrons. The molecule has 0 fully saturated rings. The largest absolute Gasteiger partial charge is 0.316 e. The van der Waals surface area contributed by atoms with Crippen molar-refractivity contribution in [1.82, 2.24) is 5.32 Å². The summed E-state index contributed by atoms with van der Waals surface area (Å²) in [6, 6.07) is 10.5. The van der Waals surface area contributed by atoms with Crippen molar-refractivity contribution in [3.05, 3.63) is 35.9 Å². The number of rotatable bonds is 5. The number of ketones is 1. The summed E-state index contributed by atoms with van der Waals surface area (Å²) >= 11 is 0. The zero-order valence-corrected chi connectivity index (χ0v) is 11.3. The Bertz CT molecular complexity index is 351. The average molecular weight is 233 g/mol. The molecule has 0 unspecified atom stereocenters. The summed E-state index contributed by atoms with van der Waals surface area (Å²) in [6.45, 7) is 5.93. The fraction of sp³-hybridized carbons (Fsp3) is 0.533. The van der Waals surface area contributed by atoms with E-state index >= 15 is 0 Å². The van der Waals surface area contributed by atoms with Crippen LogP contribution in [-0.4, -0.2) is 18.9 Å². The minimum atomic E-state index is -0.244. The summed E-state index contributed by atoms with van der Waals surface area (Å²) in [7, 11) is 1.92. The van der Waals surface area contributed by atoms with Crippen molar-refractivity contribution in [2.24, 2.45) is 5.41 Å². The van der Waals surface area contributed by atoms with Crippen LogP contribution in [0.2, 0.25) is 0 Å². The van der Waals surface area contributed by atoms with Crippen molar-refractivity contribution >= 4 is 5.78 Å². The molecule has 1 atom stereocenters. The van der Waals surface area contributed by atoms with Gasteiger partial charge < -0.3 is 5.32 Å². The third-order valence-electron chi connectivity index (χ3n) is 3.00. The van der Waals surface area contributed by atoms with Gasteiger partial charge in [-0.2, -0.15) is 0 Å². The highest BCUT2D eigenvalue weighted by atomic mass is 16.1. The lowest BCUT2D eigenvalue weighted by molar-refractivity contribution is -0.126. The molecule has 0 aliphatic heterocycles. The molecule has 1 N–H and O–H groups in total. The molecule has 1 aromatic carbocycles. The molecule has 0 saturated heterocycles. The van der Waals surface area contributed by atoms with E-state index in [1.54, 1.807) is 0 Å². The first-order chi connectivity index (χ1) is 7.93. The van der Waals surface area contributed by atoms with Gasteiger partial charge >= 0.3 is 0 Å². The molecular formula is C15H23NO. The maximum atomic E-state index is 12.0. The lowest BCUT2D eigenvalue weighted by Gasteiger charge is -2.22. The number of carbonyl (C=O) groups is 1. The van der Waals surface area contributed by atoms with E-state index in [4.69, 9.17) is 0 Å². The number of likely N-dealkylation sites (N-methyl/N-ethyl adjacent to an activating group) is 1. The van der Waals surface area contributed by atoms with Gasteiger partial charge in [-0.05, 0) is 19.0 Å². The molecule has 2 heteroatoms. The third kappa shape index (κ3) is 4.70. The Hall–Kier alpha value is -1.15. The quantitative estimate of drug-likeness (QED) is 0.847. The van der Waals surface area contributed by atoms with Crippen molar-refractivity contribution in [1.29, 1.82) is 0 Å². The Balaban J connectivity index is 2.59. The van der Waals surface area contributed by atoms with E-state index < -0.39 is 0 Å². The summed E-state index contributed by atoms with van der Waals surface area (Å²) in [6.07, 6.45) is 1.49. The van der Waals surface area contributed by atoms with E-state index in [1.807, 2.05) is 46.0 Å². The zero-order chi connectivity index (χ0) is 12.9. The Morgan fingerprint density at radius 3 is 2.29 bits per heavy atom. The summed E-state index contributed by atoms with van der Waals surface area (Å²) in [5.74, 6) is 0.313. The summed E-state index contributed by atoms with van der Waals surface area (Å²) in [5, 5.41) is 3.23. The Morgan fingerprint density at radius 1 is 1.24 bits per heavy atom. The molecule has 0 aliphatic rings. The fourth-order valence-electron chi connectivity index (χ4n) is 1.70. The molecule has 0 aromatic heterocycles. The molecule has 17 heavy (non-hydrogen) atoms. The highest BCUT2D eigenvalue weighted by Gasteiger charge is 2.23. The van der Waals surface area contributed by atoms with E-state index in [0.29, 0.717) is 12.2 Å². The van der Waals surface area contributed by atoms with Gasteiger partial charge in [-0.1, -0.05) is 51.1 Å². The maximum Gasteiger partial charge on any atom is 0.139 e. The fourth-order valence-corrected chi connectivity index (χ4v) is 1.70. The molecule has 0 bridgehead atoms. The van der Waals surface area contributed by atoms with E-state index in [0.717, 1.165) is 6.42 Å². The van der Waals surface area contributed by atoms with Crippen LogP contribution < -0.4 is 5.32 Å². The lowest BCUT2D eigenvalue weighted by Crippen LogP contribution is -2.34. The van der Waals surface area contributed by atoms with Gasteiger partial charge in [0, 0.05) is 17.9 Å². The highest BCUT2D eigenvalue weighted by Crippen LogP contribution is 2.18. The van der Waals surface area contributed by atoms with Gasteiger partial charge in [0.05, 0.1) is 0 Å². The number of hydrogen-bond acceptors (Lipinski definition) is 2. The van der Waals surface area contributed by atoms with Crippen LogP contribution in [0.1, 0.15) is 32.8 Å². The second kappa shape index (κ2) is 5.97. The van der Waals surface area contributed by atoms with Gasteiger partial charge in [-0.3, -0.25) is 4.79 Å². The van der Waals surface area contributed by atoms with Crippen molar-refractivity contribution in [2.75, 3.05) is 7.05 Å². The predicted octanol–water partition coefficient (Wildman–Crippen LogP) is 2.82. The smallest absolute Gasteiger partial charge is 0.139 e. The molecule has 0 amide bonds. The van der Waals surface area contributed by atoms with Gasteiger partial charge in [-0.25, -0.2) is 0 Å². The van der Waals surface area contributed by atoms with Gasteiger partial charge in [0.1, 0.15) is 5.78 Å². The summed E-state index contributed by atoms with van der Waals surface area (Å²) < 4.78 is 0. The van der Waals surface area contributed by atoms with Crippen LogP contribution in [0.15, 0.2) is 30.3 Å². The van der Waals surface area contributed by atoms with Crippen LogP contribution in [-0.2, 0) is 11.2 Å². The number of Topliss-reactive ketones (excluding diaryl/α,β-unsaturated/α-hetero) is 1. The van der Waals surface area contributed by atoms with Gasteiger partial charge in [-0.15, -0.1) is 0 Å². The number of carbonyl (C=O) groups excluding carboxylic acids is 1. The monoisotopic (exact) mass is 233 g/mol. The van der Waals surface area contributed by atoms with Crippen LogP contribution in [0, 0.1) is 5.41 Å². The molecule has 0 spiro atoms. The first kappa shape index (κ1) is 13.9. The van der Waals surface area contributed by atoms with Crippen molar-refractivity contribution in [3.63, 3.8) is 0 Å². The summed E-state index contributed by atoms with van der Waals surface area (Å²) in [5.41, 5.74) is 1.03. The highest BCUT2D eigenvalue weighted by molar-refractivity contribution is 5.84. The zero-order valence-electron chi connectivity index (χ0n) is 11.3. The summed E-state index contributed by atoms with van der Waals surface area (Å²) in [4.78, 5) is 12.0. The predicted molar refractivity (Wildman–Crippen MR) is 72.1 cm³/mol. The second-order valence-corrected chi connectivity index (χ2v) is 5.55. The SMILES string of the molecule is CN[C@H](CC(=O)C(C)(C)C)Cc1ccccc1. The topological polar surface area (TPSA) is 29.1 Å². The van der Waals surface area contributed by atoms with E-state index in [-0.39, 0.29) is 11.5 Å². The molecule has 1 aromatic rings. The third-order valence-corrected chi connectivity index (χ3v) is 3.00. The molecule has 0 aliphatic carbocycles. The van der Waals surface area contributed by atoms with Crippen molar-refractivity contribution in [3.8, 4) is 0 Å². The number of hydrogen-bond donors (Lipinski definition) is 1. The van der Waals surface area contributed by atoms with Crippen LogP contribution in [0.25, 0.3) is 0 Å². The van der Waals surface area contributed by atoms with Gasteiger partial charge in [0.25, 0.3) is 0 Å². The lowest BCUT2D eigenvalue weighted by atomic mass is 9.86. The second-order valence-electron chi connectivity index (χ2n) is 5.55. The molecule has 0 heterocycles. The van der Waals surface area contributed by atoms with E-state index in [1.165, 1.54) is 5.56 Å².